The summed E-state index contributed by atoms with van der Waals surface area (Å²) in [6.07, 6.45) is 39.3. The third kappa shape index (κ3) is 36.1. The summed E-state index contributed by atoms with van der Waals surface area (Å²) in [6, 6.07) is 0. The van der Waals surface area contributed by atoms with E-state index in [-0.39, 0.29) is 26.1 Å². The zero-order valence-corrected chi connectivity index (χ0v) is 38.1. The molecule has 11 heteroatoms. The minimum Gasteiger partial charge on any atom is -0.756 e. The van der Waals surface area contributed by atoms with E-state index in [9.17, 15) is 19.0 Å². The molecule has 10 nitrogen and oxygen atoms in total. The fourth-order valence-electron chi connectivity index (χ4n) is 6.60. The summed E-state index contributed by atoms with van der Waals surface area (Å²) in [5.41, 5.74) is 0. The van der Waals surface area contributed by atoms with Crippen molar-refractivity contribution in [2.75, 3.05) is 47.5 Å². The highest BCUT2D eigenvalue weighted by Gasteiger charge is 2.36. The van der Waals surface area contributed by atoms with Crippen molar-refractivity contribution in [2.45, 2.75) is 212 Å². The molecule has 0 saturated carbocycles. The maximum absolute atomic E-state index is 12.7. The highest BCUT2D eigenvalue weighted by Crippen LogP contribution is 2.38. The number of hydrogen-bond donors (Lipinski definition) is 0. The van der Waals surface area contributed by atoms with Gasteiger partial charge in [0, 0.05) is 12.8 Å². The van der Waals surface area contributed by atoms with E-state index in [0.29, 0.717) is 29.7 Å². The zero-order chi connectivity index (χ0) is 41.9. The molecule has 0 bridgehead atoms. The number of unbranched alkanes of at least 4 members (excludes halogenated alkanes) is 20. The molecule has 0 N–H and O–H groups in total. The monoisotopic (exact) mass is 828 g/mol. The van der Waals surface area contributed by atoms with E-state index < -0.39 is 32.5 Å². The molecule has 4 atom stereocenters. The van der Waals surface area contributed by atoms with E-state index in [4.69, 9.17) is 23.3 Å². The van der Waals surface area contributed by atoms with E-state index in [0.717, 1.165) is 77.0 Å². The summed E-state index contributed by atoms with van der Waals surface area (Å²) in [4.78, 5) is 37.6. The first-order chi connectivity index (χ1) is 27.5. The van der Waals surface area contributed by atoms with Crippen LogP contribution in [0.5, 0.6) is 0 Å². The van der Waals surface area contributed by atoms with E-state index in [1.54, 1.807) is 0 Å². The van der Waals surface area contributed by atoms with Crippen LogP contribution in [0.1, 0.15) is 194 Å². The van der Waals surface area contributed by atoms with Crippen LogP contribution in [0.15, 0.2) is 24.3 Å². The summed E-state index contributed by atoms with van der Waals surface area (Å²) in [5.74, 6) is -0.859. The van der Waals surface area contributed by atoms with Crippen molar-refractivity contribution in [3.05, 3.63) is 24.3 Å². The summed E-state index contributed by atoms with van der Waals surface area (Å²) in [7, 11) is 1.15. The Labute approximate surface area is 349 Å². The summed E-state index contributed by atoms with van der Waals surface area (Å²) in [6.45, 7) is 4.17. The third-order valence-electron chi connectivity index (χ3n) is 10.4. The fraction of sp³-hybridized carbons (Fsp3) is 0.870. The number of ether oxygens (including phenoxy) is 3. The molecule has 0 aromatic heterocycles. The average molecular weight is 828 g/mol. The zero-order valence-electron chi connectivity index (χ0n) is 37.2. The molecular formula is C46H86NO9P. The van der Waals surface area contributed by atoms with Crippen molar-refractivity contribution in [1.82, 2.24) is 0 Å². The van der Waals surface area contributed by atoms with Crippen molar-refractivity contribution < 1.29 is 46.8 Å². The number of rotatable bonds is 41. The molecule has 1 aliphatic rings. The lowest BCUT2D eigenvalue weighted by Crippen LogP contribution is -2.37. The van der Waals surface area contributed by atoms with Gasteiger partial charge in [0.15, 0.2) is 6.10 Å². The van der Waals surface area contributed by atoms with Crippen molar-refractivity contribution in [3.8, 4) is 0 Å². The van der Waals surface area contributed by atoms with Crippen LogP contribution in [0.3, 0.4) is 0 Å². The van der Waals surface area contributed by atoms with Gasteiger partial charge in [0.05, 0.1) is 40.0 Å². The Kier molecular flexibility index (Phi) is 33.0. The first-order valence-corrected chi connectivity index (χ1v) is 24.6. The van der Waals surface area contributed by atoms with E-state index in [1.165, 1.54) is 83.5 Å². The molecule has 0 aromatic carbocycles. The molecular weight excluding hydrogens is 741 g/mol. The van der Waals surface area contributed by atoms with Crippen LogP contribution in [-0.4, -0.2) is 82.2 Å². The second-order valence-electron chi connectivity index (χ2n) is 17.1. The first-order valence-electron chi connectivity index (χ1n) is 23.2. The third-order valence-corrected chi connectivity index (χ3v) is 11.3. The van der Waals surface area contributed by atoms with Gasteiger partial charge in [0.25, 0.3) is 7.82 Å². The number of carbonyl (C=O) groups excluding carboxylic acids is 2. The number of nitrogens with zero attached hydrogens (tertiary/aromatic N) is 1. The molecule has 334 valence electrons. The lowest BCUT2D eigenvalue weighted by atomic mass is 10.1. The van der Waals surface area contributed by atoms with Gasteiger partial charge < -0.3 is 32.6 Å². The predicted molar refractivity (Wildman–Crippen MR) is 231 cm³/mol. The molecule has 57 heavy (non-hydrogen) atoms. The highest BCUT2D eigenvalue weighted by atomic mass is 31.2. The van der Waals surface area contributed by atoms with Crippen LogP contribution in [0.4, 0.5) is 0 Å². The minimum absolute atomic E-state index is 0.0365. The van der Waals surface area contributed by atoms with Gasteiger partial charge in [-0.3, -0.25) is 14.2 Å². The Hall–Kier alpha value is -1.55. The number of likely N-dealkylation sites (N-methyl/N-ethyl adjacent to an activating group) is 1. The summed E-state index contributed by atoms with van der Waals surface area (Å²) in [5, 5.41) is 0. The summed E-state index contributed by atoms with van der Waals surface area (Å²) >= 11 is 0. The predicted octanol–water partition coefficient (Wildman–Crippen LogP) is 11.5. The lowest BCUT2D eigenvalue weighted by molar-refractivity contribution is -0.870. The molecule has 0 aromatic rings. The Morgan fingerprint density at radius 1 is 0.632 bits per heavy atom. The number of phosphoric acid groups is 1. The number of esters is 2. The molecule has 0 amide bonds. The molecule has 0 spiro atoms. The molecule has 1 heterocycles. The highest BCUT2D eigenvalue weighted by molar-refractivity contribution is 7.45. The normalized spacial score (nSPS) is 17.3. The summed E-state index contributed by atoms with van der Waals surface area (Å²) < 4.78 is 39.8. The van der Waals surface area contributed by atoms with Crippen LogP contribution in [0.25, 0.3) is 0 Å². The second kappa shape index (κ2) is 35.2. The van der Waals surface area contributed by atoms with Crippen molar-refractivity contribution in [1.29, 1.82) is 0 Å². The van der Waals surface area contributed by atoms with Crippen molar-refractivity contribution in [2.24, 2.45) is 0 Å². The second-order valence-corrected chi connectivity index (χ2v) is 18.6. The number of phosphoric ester groups is 1. The molecule has 3 unspecified atom stereocenters. The number of carbonyl (C=O) groups is 2. The van der Waals surface area contributed by atoms with Gasteiger partial charge in [0.2, 0.25) is 0 Å². The Bertz CT molecular complexity index is 1090. The fourth-order valence-corrected chi connectivity index (χ4v) is 7.33. The minimum atomic E-state index is -4.63. The molecule has 0 radical (unpaired) electrons. The van der Waals surface area contributed by atoms with Gasteiger partial charge >= 0.3 is 11.9 Å². The first kappa shape index (κ1) is 53.5. The van der Waals surface area contributed by atoms with Crippen LogP contribution in [-0.2, 0) is 37.4 Å². The van der Waals surface area contributed by atoms with Crippen molar-refractivity contribution >= 4 is 19.8 Å². The van der Waals surface area contributed by atoms with Crippen LogP contribution in [0.2, 0.25) is 0 Å². The van der Waals surface area contributed by atoms with Gasteiger partial charge in [0.1, 0.15) is 19.8 Å². The van der Waals surface area contributed by atoms with Gasteiger partial charge in [-0.1, -0.05) is 141 Å². The van der Waals surface area contributed by atoms with Gasteiger partial charge in [-0.25, -0.2) is 0 Å². The van der Waals surface area contributed by atoms with Crippen LogP contribution >= 0.6 is 7.82 Å². The number of quaternary nitrogens is 1. The maximum atomic E-state index is 12.7. The van der Waals surface area contributed by atoms with Crippen molar-refractivity contribution in [3.63, 3.8) is 0 Å². The molecule has 1 saturated heterocycles. The largest absolute Gasteiger partial charge is 0.756 e. The topological polar surface area (TPSA) is 124 Å². The Morgan fingerprint density at radius 3 is 1.72 bits per heavy atom. The van der Waals surface area contributed by atoms with Crippen LogP contribution in [0, 0.1) is 0 Å². The maximum Gasteiger partial charge on any atom is 0.306 e. The molecule has 0 aliphatic carbocycles. The number of hydrogen-bond acceptors (Lipinski definition) is 9. The van der Waals surface area contributed by atoms with Gasteiger partial charge in [-0.2, -0.15) is 0 Å². The van der Waals surface area contributed by atoms with E-state index in [2.05, 4.69) is 38.2 Å². The van der Waals surface area contributed by atoms with E-state index in [1.807, 2.05) is 21.1 Å². The number of allylic oxidation sites excluding steroid dienone is 3. The Morgan fingerprint density at radius 2 is 1.12 bits per heavy atom. The van der Waals surface area contributed by atoms with Gasteiger partial charge in [-0.05, 0) is 64.2 Å². The standard InChI is InChI=1S/C46H86NO9P/c1-6-8-10-12-14-15-16-17-18-19-20-21-22-23-24-28-32-36-45(48)52-40-42(41-54-57(50,51)53-39-38-47(3,4)5)55-46(49)37-33-29-25-27-31-35-44-43(56-44)34-30-26-13-11-9-7-2/h17-18,26,30,42-44H,6-16,19-25,27-29,31-41H2,1-5H3/b18-17-,30-26-/t42-,43?,44?/m1/s1. The Balaban J connectivity index is 2.27. The number of epoxide rings is 1. The molecule has 1 aliphatic heterocycles. The van der Waals surface area contributed by atoms with Crippen LogP contribution < -0.4 is 4.89 Å². The molecule has 1 fully saturated rings. The quantitative estimate of drug-likeness (QED) is 0.0148. The molecule has 1 rings (SSSR count). The lowest BCUT2D eigenvalue weighted by Gasteiger charge is -2.28. The van der Waals surface area contributed by atoms with E-state index >= 15 is 0 Å². The average Bonchev–Trinajstić information content (AvgIpc) is 3.92. The van der Waals surface area contributed by atoms with Gasteiger partial charge in [-0.15, -0.1) is 0 Å². The SMILES string of the molecule is CCCCC/C=C\CC1OC1CCCCCCCC(=O)O[C@H](COC(=O)CCCCCCCCC/C=C\CCCCCCCC)COP(=O)([O-])OCC[N+](C)(C)C. The smallest absolute Gasteiger partial charge is 0.306 e.